The van der Waals surface area contributed by atoms with Gasteiger partial charge in [0.15, 0.2) is 0 Å². The Morgan fingerprint density at radius 2 is 2.05 bits per heavy atom. The quantitative estimate of drug-likeness (QED) is 0.757. The SMILES string of the molecule is CSC(C)CCNCC(O)c1cccc(C(F)(F)F)c1. The van der Waals surface area contributed by atoms with Gasteiger partial charge in [-0.2, -0.15) is 24.9 Å². The molecule has 0 aromatic heterocycles. The van der Waals surface area contributed by atoms with Gasteiger partial charge in [0.1, 0.15) is 0 Å². The molecule has 0 spiro atoms. The zero-order valence-electron chi connectivity index (χ0n) is 11.6. The van der Waals surface area contributed by atoms with Gasteiger partial charge >= 0.3 is 6.18 Å². The number of aliphatic hydroxyl groups excluding tert-OH is 1. The molecule has 0 saturated heterocycles. The van der Waals surface area contributed by atoms with Crippen LogP contribution >= 0.6 is 11.8 Å². The lowest BCUT2D eigenvalue weighted by atomic mass is 10.1. The van der Waals surface area contributed by atoms with Crippen LogP contribution in [-0.2, 0) is 6.18 Å². The summed E-state index contributed by atoms with van der Waals surface area (Å²) in [7, 11) is 0. The Kier molecular flexibility index (Phi) is 6.85. The standard InChI is InChI=1S/C14H20F3NOS/c1-10(20-2)6-7-18-9-13(19)11-4-3-5-12(8-11)14(15,16)17/h3-5,8,10,13,18-19H,6-7,9H2,1-2H3. The van der Waals surface area contributed by atoms with Crippen LogP contribution < -0.4 is 5.32 Å². The second-order valence-corrected chi connectivity index (χ2v) is 5.95. The van der Waals surface area contributed by atoms with E-state index in [0.29, 0.717) is 5.25 Å². The number of benzene rings is 1. The third kappa shape index (κ3) is 5.73. The summed E-state index contributed by atoms with van der Waals surface area (Å²) in [4.78, 5) is 0. The minimum atomic E-state index is -4.38. The number of alkyl halides is 3. The molecule has 0 saturated carbocycles. The summed E-state index contributed by atoms with van der Waals surface area (Å²) >= 11 is 1.76. The lowest BCUT2D eigenvalue weighted by Crippen LogP contribution is -2.24. The summed E-state index contributed by atoms with van der Waals surface area (Å²) in [5, 5.41) is 13.5. The van der Waals surface area contributed by atoms with Crippen molar-refractivity contribution in [2.45, 2.75) is 30.9 Å². The molecule has 2 atom stereocenters. The van der Waals surface area contributed by atoms with Crippen LogP contribution in [0.2, 0.25) is 0 Å². The van der Waals surface area contributed by atoms with Gasteiger partial charge in [-0.15, -0.1) is 0 Å². The second-order valence-electron chi connectivity index (χ2n) is 4.68. The van der Waals surface area contributed by atoms with E-state index in [9.17, 15) is 18.3 Å². The molecule has 114 valence electrons. The zero-order chi connectivity index (χ0) is 15.2. The molecule has 2 N–H and O–H groups in total. The van der Waals surface area contributed by atoms with Crippen LogP contribution in [0.3, 0.4) is 0 Å². The van der Waals surface area contributed by atoms with Crippen molar-refractivity contribution in [3.63, 3.8) is 0 Å². The van der Waals surface area contributed by atoms with Crippen LogP contribution in [0.25, 0.3) is 0 Å². The Bertz CT molecular complexity index is 412. The van der Waals surface area contributed by atoms with E-state index in [1.54, 1.807) is 11.8 Å². The predicted molar refractivity (Wildman–Crippen MR) is 76.9 cm³/mol. The normalized spacial score (nSPS) is 15.1. The highest BCUT2D eigenvalue weighted by atomic mass is 32.2. The summed E-state index contributed by atoms with van der Waals surface area (Å²) < 4.78 is 37.7. The van der Waals surface area contributed by atoms with Crippen molar-refractivity contribution in [1.29, 1.82) is 0 Å². The summed E-state index contributed by atoms with van der Waals surface area (Å²) in [6, 6.07) is 4.82. The van der Waals surface area contributed by atoms with Crippen LogP contribution in [0.5, 0.6) is 0 Å². The van der Waals surface area contributed by atoms with Crippen LogP contribution in [0.15, 0.2) is 24.3 Å². The Labute approximate surface area is 121 Å². The number of hydrogen-bond acceptors (Lipinski definition) is 3. The van der Waals surface area contributed by atoms with Gasteiger partial charge in [0.05, 0.1) is 11.7 Å². The average molecular weight is 307 g/mol. The van der Waals surface area contributed by atoms with E-state index < -0.39 is 17.8 Å². The molecule has 0 aliphatic carbocycles. The lowest BCUT2D eigenvalue weighted by Gasteiger charge is -2.15. The van der Waals surface area contributed by atoms with E-state index >= 15 is 0 Å². The first kappa shape index (κ1) is 17.3. The topological polar surface area (TPSA) is 32.3 Å². The third-order valence-corrected chi connectivity index (χ3v) is 4.11. The van der Waals surface area contributed by atoms with Crippen molar-refractivity contribution in [3.8, 4) is 0 Å². The Hall–Kier alpha value is -0.720. The molecule has 0 heterocycles. The highest BCUT2D eigenvalue weighted by molar-refractivity contribution is 7.99. The van der Waals surface area contributed by atoms with Crippen molar-refractivity contribution < 1.29 is 18.3 Å². The molecule has 0 bridgehead atoms. The Morgan fingerprint density at radius 3 is 2.65 bits per heavy atom. The van der Waals surface area contributed by atoms with Crippen LogP contribution in [0.1, 0.15) is 30.6 Å². The Balaban J connectivity index is 2.49. The van der Waals surface area contributed by atoms with Crippen LogP contribution in [0.4, 0.5) is 13.2 Å². The largest absolute Gasteiger partial charge is 0.416 e. The fraction of sp³-hybridized carbons (Fsp3) is 0.571. The second kappa shape index (κ2) is 7.90. The van der Waals surface area contributed by atoms with Gasteiger partial charge in [-0.1, -0.05) is 19.1 Å². The van der Waals surface area contributed by atoms with Crippen molar-refractivity contribution in [2.75, 3.05) is 19.3 Å². The number of aliphatic hydroxyl groups is 1. The maximum absolute atomic E-state index is 12.6. The van der Waals surface area contributed by atoms with E-state index in [4.69, 9.17) is 0 Å². The highest BCUT2D eigenvalue weighted by Crippen LogP contribution is 2.30. The molecule has 0 aliphatic rings. The average Bonchev–Trinajstić information content (AvgIpc) is 2.42. The number of thioether (sulfide) groups is 1. The van der Waals surface area contributed by atoms with Crippen molar-refractivity contribution in [3.05, 3.63) is 35.4 Å². The van der Waals surface area contributed by atoms with Gasteiger partial charge in [-0.25, -0.2) is 0 Å². The molecular weight excluding hydrogens is 287 g/mol. The molecule has 1 rings (SSSR count). The molecule has 1 aromatic carbocycles. The summed E-state index contributed by atoms with van der Waals surface area (Å²) in [6.07, 6.45) is -2.32. The van der Waals surface area contributed by atoms with Gasteiger partial charge in [0, 0.05) is 11.8 Å². The smallest absolute Gasteiger partial charge is 0.387 e. The molecule has 1 aromatic rings. The van der Waals surface area contributed by atoms with Crippen molar-refractivity contribution in [2.24, 2.45) is 0 Å². The maximum atomic E-state index is 12.6. The number of hydrogen-bond donors (Lipinski definition) is 2. The fourth-order valence-corrected chi connectivity index (χ4v) is 2.06. The first-order valence-corrected chi connectivity index (χ1v) is 7.72. The maximum Gasteiger partial charge on any atom is 0.416 e. The first-order valence-electron chi connectivity index (χ1n) is 6.43. The molecule has 0 radical (unpaired) electrons. The molecule has 20 heavy (non-hydrogen) atoms. The van der Waals surface area contributed by atoms with E-state index in [-0.39, 0.29) is 12.1 Å². The number of nitrogens with one attached hydrogen (secondary N) is 1. The van der Waals surface area contributed by atoms with Crippen LogP contribution in [0, 0.1) is 0 Å². The Morgan fingerprint density at radius 1 is 1.35 bits per heavy atom. The molecule has 6 heteroatoms. The summed E-state index contributed by atoms with van der Waals surface area (Å²) in [5.74, 6) is 0. The fourth-order valence-electron chi connectivity index (χ4n) is 1.70. The first-order chi connectivity index (χ1) is 9.34. The third-order valence-electron chi connectivity index (χ3n) is 3.07. The van der Waals surface area contributed by atoms with Gasteiger partial charge in [0.2, 0.25) is 0 Å². The van der Waals surface area contributed by atoms with E-state index in [0.717, 1.165) is 25.1 Å². The van der Waals surface area contributed by atoms with Crippen LogP contribution in [-0.4, -0.2) is 29.7 Å². The summed E-state index contributed by atoms with van der Waals surface area (Å²) in [6.45, 7) is 3.09. The summed E-state index contributed by atoms with van der Waals surface area (Å²) in [5.41, 5.74) is -0.449. The van der Waals surface area contributed by atoms with Gasteiger partial charge < -0.3 is 10.4 Å². The van der Waals surface area contributed by atoms with Gasteiger partial charge in [-0.3, -0.25) is 0 Å². The van der Waals surface area contributed by atoms with E-state index in [1.165, 1.54) is 12.1 Å². The van der Waals surface area contributed by atoms with Gasteiger partial charge in [0.25, 0.3) is 0 Å². The lowest BCUT2D eigenvalue weighted by molar-refractivity contribution is -0.137. The monoisotopic (exact) mass is 307 g/mol. The molecule has 0 amide bonds. The molecule has 0 aliphatic heterocycles. The highest BCUT2D eigenvalue weighted by Gasteiger charge is 2.30. The molecule has 2 unspecified atom stereocenters. The van der Waals surface area contributed by atoms with E-state index in [2.05, 4.69) is 12.2 Å². The van der Waals surface area contributed by atoms with Gasteiger partial charge in [-0.05, 0) is 36.9 Å². The van der Waals surface area contributed by atoms with Crippen molar-refractivity contribution >= 4 is 11.8 Å². The minimum Gasteiger partial charge on any atom is -0.387 e. The minimum absolute atomic E-state index is 0.252. The number of halogens is 3. The molecular formula is C14H20F3NOS. The van der Waals surface area contributed by atoms with E-state index in [1.807, 2.05) is 6.26 Å². The molecule has 2 nitrogen and oxygen atoms in total. The van der Waals surface area contributed by atoms with Crippen molar-refractivity contribution in [1.82, 2.24) is 5.32 Å². The zero-order valence-corrected chi connectivity index (χ0v) is 12.4. The number of rotatable bonds is 7. The molecule has 0 fully saturated rings. The predicted octanol–water partition coefficient (Wildman–Crippen LogP) is 3.47.